The van der Waals surface area contributed by atoms with Crippen molar-refractivity contribution in [1.82, 2.24) is 0 Å². The summed E-state index contributed by atoms with van der Waals surface area (Å²) in [7, 11) is 0. The van der Waals surface area contributed by atoms with Gasteiger partial charge in [0.05, 0.1) is 0 Å². The van der Waals surface area contributed by atoms with Crippen LogP contribution in [-0.2, 0) is 34.1 Å². The van der Waals surface area contributed by atoms with Crippen molar-refractivity contribution in [3.8, 4) is 0 Å². The molecule has 0 aromatic carbocycles. The van der Waals surface area contributed by atoms with Gasteiger partial charge >= 0.3 is 0 Å². The SMILES string of the molecule is [Ca].[Fe].[Mn].[Si]. The molecule has 0 heterocycles. The Labute approximate surface area is 81.4 Å². The van der Waals surface area contributed by atoms with Crippen molar-refractivity contribution in [2.45, 2.75) is 0 Å². The van der Waals surface area contributed by atoms with Crippen LogP contribution in [0, 0.1) is 0 Å². The van der Waals surface area contributed by atoms with Crippen molar-refractivity contribution in [3.05, 3.63) is 0 Å². The minimum Gasteiger partial charge on any atom is 0 e. The van der Waals surface area contributed by atoms with Crippen molar-refractivity contribution in [1.29, 1.82) is 0 Å². The molecule has 0 aliphatic rings. The fourth-order valence-corrected chi connectivity index (χ4v) is 0. The van der Waals surface area contributed by atoms with Gasteiger partial charge in [-0.25, -0.2) is 0 Å². The normalized spacial score (nSPS) is 0. The molecule has 0 fully saturated rings. The molecule has 0 saturated carbocycles. The number of hydrogen-bond donors (Lipinski definition) is 0. The molecule has 0 rings (SSSR count). The van der Waals surface area contributed by atoms with Crippen LogP contribution in [0.3, 0.4) is 0 Å². The predicted molar refractivity (Wildman–Crippen MR) is 11.5 cm³/mol. The topological polar surface area (TPSA) is 0 Å². The molecule has 7 radical (unpaired) electrons. The summed E-state index contributed by atoms with van der Waals surface area (Å²) in [4.78, 5) is 0. The molecule has 4 heavy (non-hydrogen) atoms. The summed E-state index contributed by atoms with van der Waals surface area (Å²) in [5.41, 5.74) is 0. The van der Waals surface area contributed by atoms with Crippen molar-refractivity contribution in [2.75, 3.05) is 0 Å². The van der Waals surface area contributed by atoms with Crippen LogP contribution < -0.4 is 0 Å². The van der Waals surface area contributed by atoms with E-state index in [2.05, 4.69) is 0 Å². The van der Waals surface area contributed by atoms with E-state index in [1.165, 1.54) is 0 Å². The maximum absolute atomic E-state index is 0. The summed E-state index contributed by atoms with van der Waals surface area (Å²) in [6.45, 7) is 0. The van der Waals surface area contributed by atoms with Crippen molar-refractivity contribution in [3.63, 3.8) is 0 Å². The summed E-state index contributed by atoms with van der Waals surface area (Å²) < 4.78 is 0. The molecular weight excluding hydrogens is 179 g/mol. The van der Waals surface area contributed by atoms with Gasteiger partial charge in [-0.15, -0.1) is 0 Å². The smallest absolute Gasteiger partial charge is 0 e. The number of hydrogen-bond acceptors (Lipinski definition) is 0. The molecule has 0 nitrogen and oxygen atoms in total. The monoisotopic (exact) mass is 179 g/mol. The second-order valence-corrected chi connectivity index (χ2v) is 0. The van der Waals surface area contributed by atoms with Gasteiger partial charge in [0.25, 0.3) is 0 Å². The van der Waals surface area contributed by atoms with Crippen LogP contribution in [0.4, 0.5) is 0 Å². The molecule has 0 aromatic rings. The van der Waals surface area contributed by atoms with Crippen molar-refractivity contribution in [2.24, 2.45) is 0 Å². The standard InChI is InChI=1S/Ca.Fe.Mn.Si. The molecule has 0 aromatic heterocycles. The van der Waals surface area contributed by atoms with E-state index < -0.39 is 0 Å². The summed E-state index contributed by atoms with van der Waals surface area (Å²) in [5.74, 6) is 0. The van der Waals surface area contributed by atoms with E-state index in [-0.39, 0.29) is 82.8 Å². The average Bonchev–Trinajstić information content (AvgIpc) is 0. The Kier molecular flexibility index (Phi) is 139. The molecule has 0 N–H and O–H groups in total. The van der Waals surface area contributed by atoms with Gasteiger partial charge < -0.3 is 0 Å². The van der Waals surface area contributed by atoms with Gasteiger partial charge in [-0.1, -0.05) is 0 Å². The zero-order chi connectivity index (χ0) is 0. The van der Waals surface area contributed by atoms with Crippen LogP contribution in [0.15, 0.2) is 0 Å². The second-order valence-electron chi connectivity index (χ2n) is 0. The molecule has 0 amide bonds. The van der Waals surface area contributed by atoms with Gasteiger partial charge in [-0.3, -0.25) is 0 Å². The van der Waals surface area contributed by atoms with Gasteiger partial charge in [-0.2, -0.15) is 0 Å². The first-order chi connectivity index (χ1) is 0. The van der Waals surface area contributed by atoms with E-state index in [9.17, 15) is 0 Å². The third-order valence-electron chi connectivity index (χ3n) is 0. The van der Waals surface area contributed by atoms with Gasteiger partial charge in [0, 0.05) is 82.8 Å². The van der Waals surface area contributed by atoms with Crippen LogP contribution in [0.5, 0.6) is 0 Å². The second kappa shape index (κ2) is 17.8. The van der Waals surface area contributed by atoms with E-state index in [1.54, 1.807) is 0 Å². The first kappa shape index (κ1) is 31.3. The van der Waals surface area contributed by atoms with E-state index >= 15 is 0 Å². The minimum atomic E-state index is 0. The third-order valence-corrected chi connectivity index (χ3v) is 0. The Bertz CT molecular complexity index is 8.00. The first-order valence-corrected chi connectivity index (χ1v) is 0. The Balaban J connectivity index is 0. The summed E-state index contributed by atoms with van der Waals surface area (Å²) in [5, 5.41) is 0. The van der Waals surface area contributed by atoms with E-state index in [0.29, 0.717) is 0 Å². The fraction of sp³-hybridized carbons (Fsp3) is 0. The van der Waals surface area contributed by atoms with Gasteiger partial charge in [0.1, 0.15) is 0 Å². The van der Waals surface area contributed by atoms with Gasteiger partial charge in [0.15, 0.2) is 0 Å². The third kappa shape index (κ3) is 8.82. The van der Waals surface area contributed by atoms with Gasteiger partial charge in [0.2, 0.25) is 0 Å². The number of rotatable bonds is 0. The Morgan fingerprint density at radius 1 is 1.00 bits per heavy atom. The largest absolute Gasteiger partial charge is 0 e. The molecule has 0 aliphatic heterocycles. The van der Waals surface area contributed by atoms with Crippen LogP contribution in [0.2, 0.25) is 0 Å². The minimum absolute atomic E-state index is 0. The van der Waals surface area contributed by atoms with Crippen molar-refractivity contribution < 1.29 is 34.1 Å². The van der Waals surface area contributed by atoms with Crippen LogP contribution in [0.1, 0.15) is 0 Å². The maximum Gasteiger partial charge on any atom is 0 e. The van der Waals surface area contributed by atoms with Gasteiger partial charge in [-0.05, 0) is 0 Å². The average molecular weight is 179 g/mol. The Morgan fingerprint density at radius 2 is 1.00 bits per heavy atom. The zero-order valence-corrected chi connectivity index (χ0v) is 7.43. The molecule has 0 unspecified atom stereocenters. The molecule has 0 aliphatic carbocycles. The maximum atomic E-state index is 0. The van der Waals surface area contributed by atoms with E-state index in [1.807, 2.05) is 0 Å². The molecule has 0 spiro atoms. The molecular formula is CaFeMnSi. The fourth-order valence-electron chi connectivity index (χ4n) is 0. The summed E-state index contributed by atoms with van der Waals surface area (Å²) >= 11 is 0. The van der Waals surface area contributed by atoms with E-state index in [0.717, 1.165) is 0 Å². The van der Waals surface area contributed by atoms with Crippen molar-refractivity contribution >= 4 is 48.7 Å². The zero-order valence-electron chi connectivity index (χ0n) is 1.94. The molecule has 4 heteroatoms. The molecule has 0 bridgehead atoms. The molecule has 0 saturated heterocycles. The molecule has 21 valence electrons. The Hall–Kier alpha value is 2.52. The van der Waals surface area contributed by atoms with E-state index in [4.69, 9.17) is 0 Å². The van der Waals surface area contributed by atoms with Crippen LogP contribution in [0.25, 0.3) is 0 Å². The first-order valence-electron chi connectivity index (χ1n) is 0. The van der Waals surface area contributed by atoms with Crippen LogP contribution in [-0.4, -0.2) is 48.7 Å². The Morgan fingerprint density at radius 3 is 1.00 bits per heavy atom. The summed E-state index contributed by atoms with van der Waals surface area (Å²) in [6.07, 6.45) is 0. The quantitative estimate of drug-likeness (QED) is 0.428. The summed E-state index contributed by atoms with van der Waals surface area (Å²) in [6, 6.07) is 0. The van der Waals surface area contributed by atoms with Crippen LogP contribution >= 0.6 is 0 Å². The predicted octanol–water partition coefficient (Wildman–Crippen LogP) is -0.767. The molecule has 0 atom stereocenters.